The number of amides is 1. The maximum Gasteiger partial charge on any atom is 0.254 e. The average Bonchev–Trinajstić information content (AvgIpc) is 2.76. The molecular formula is C23H26F2N2O3. The van der Waals surface area contributed by atoms with Gasteiger partial charge in [-0.3, -0.25) is 9.69 Å². The van der Waals surface area contributed by atoms with E-state index in [1.165, 1.54) is 0 Å². The summed E-state index contributed by atoms with van der Waals surface area (Å²) in [6.45, 7) is 7.02. The number of ether oxygens (including phenoxy) is 2. The monoisotopic (exact) mass is 416 g/mol. The van der Waals surface area contributed by atoms with Gasteiger partial charge in [0.05, 0.1) is 19.8 Å². The molecule has 1 aliphatic heterocycles. The highest BCUT2D eigenvalue weighted by Gasteiger charge is 2.25. The Morgan fingerprint density at radius 1 is 1.13 bits per heavy atom. The van der Waals surface area contributed by atoms with Crippen LogP contribution in [-0.2, 0) is 4.74 Å². The van der Waals surface area contributed by atoms with Gasteiger partial charge >= 0.3 is 0 Å². The number of carbonyl (C=O) groups excluding carboxylic acids is 1. The zero-order valence-electron chi connectivity index (χ0n) is 17.0. The van der Waals surface area contributed by atoms with Gasteiger partial charge in [-0.05, 0) is 29.8 Å². The molecule has 0 saturated carbocycles. The van der Waals surface area contributed by atoms with Crippen LogP contribution in [0.4, 0.5) is 8.78 Å². The standard InChI is InChI=1S/C23H26F2N2O3/c1-3-11-30-22(17-5-4-6-21(14-17)29-2)16-26-7-9-27(10-8-26)23(28)18-12-19(24)15-20(25)13-18/h3-6,12-15,22H,1,7-11,16H2,2H3/t22-/m0/s1. The van der Waals surface area contributed by atoms with Gasteiger partial charge in [0.1, 0.15) is 17.4 Å². The molecule has 1 saturated heterocycles. The van der Waals surface area contributed by atoms with E-state index < -0.39 is 11.6 Å². The smallest absolute Gasteiger partial charge is 0.254 e. The van der Waals surface area contributed by atoms with Crippen molar-refractivity contribution in [1.29, 1.82) is 0 Å². The van der Waals surface area contributed by atoms with Crippen molar-refractivity contribution in [2.75, 3.05) is 46.4 Å². The Balaban J connectivity index is 1.62. The van der Waals surface area contributed by atoms with Gasteiger partial charge in [0.25, 0.3) is 5.91 Å². The normalized spacial score (nSPS) is 15.6. The van der Waals surface area contributed by atoms with Gasteiger partial charge in [0.2, 0.25) is 0 Å². The summed E-state index contributed by atoms with van der Waals surface area (Å²) in [6.07, 6.45) is 1.54. The van der Waals surface area contributed by atoms with Crippen molar-refractivity contribution in [3.05, 3.63) is 77.9 Å². The van der Waals surface area contributed by atoms with Crippen LogP contribution in [0.2, 0.25) is 0 Å². The maximum absolute atomic E-state index is 13.4. The Kier molecular flexibility index (Phi) is 7.54. The Morgan fingerprint density at radius 3 is 2.47 bits per heavy atom. The molecule has 0 aliphatic carbocycles. The van der Waals surface area contributed by atoms with Crippen molar-refractivity contribution in [2.24, 2.45) is 0 Å². The fourth-order valence-corrected chi connectivity index (χ4v) is 3.51. The molecule has 1 fully saturated rings. The van der Waals surface area contributed by atoms with Crippen LogP contribution in [0.5, 0.6) is 5.75 Å². The van der Waals surface area contributed by atoms with Crippen LogP contribution >= 0.6 is 0 Å². The summed E-state index contributed by atoms with van der Waals surface area (Å²) in [4.78, 5) is 16.4. The summed E-state index contributed by atoms with van der Waals surface area (Å²) < 4.78 is 38.1. The molecule has 3 rings (SSSR count). The molecule has 0 aromatic heterocycles. The van der Waals surface area contributed by atoms with E-state index in [1.807, 2.05) is 24.3 Å². The number of hydrogen-bond donors (Lipinski definition) is 0. The zero-order valence-corrected chi connectivity index (χ0v) is 17.0. The number of benzene rings is 2. The molecular weight excluding hydrogens is 390 g/mol. The topological polar surface area (TPSA) is 42.0 Å². The molecule has 160 valence electrons. The summed E-state index contributed by atoms with van der Waals surface area (Å²) in [7, 11) is 1.62. The summed E-state index contributed by atoms with van der Waals surface area (Å²) >= 11 is 0. The van der Waals surface area contributed by atoms with Gasteiger partial charge < -0.3 is 14.4 Å². The van der Waals surface area contributed by atoms with Crippen molar-refractivity contribution < 1.29 is 23.0 Å². The molecule has 2 aromatic carbocycles. The average molecular weight is 416 g/mol. The molecule has 2 aromatic rings. The number of methoxy groups -OCH3 is 1. The lowest BCUT2D eigenvalue weighted by Crippen LogP contribution is -2.49. The molecule has 30 heavy (non-hydrogen) atoms. The first-order valence-corrected chi connectivity index (χ1v) is 9.84. The van der Waals surface area contributed by atoms with E-state index in [9.17, 15) is 13.6 Å². The predicted octanol–water partition coefficient (Wildman–Crippen LogP) is 3.68. The minimum Gasteiger partial charge on any atom is -0.497 e. The second-order valence-electron chi connectivity index (χ2n) is 7.14. The second-order valence-corrected chi connectivity index (χ2v) is 7.14. The fraction of sp³-hybridized carbons (Fsp3) is 0.348. The summed E-state index contributed by atoms with van der Waals surface area (Å²) in [5.41, 5.74) is 1.04. The van der Waals surface area contributed by atoms with Gasteiger partial charge in [0, 0.05) is 44.4 Å². The molecule has 0 bridgehead atoms. The summed E-state index contributed by atoms with van der Waals surface area (Å²) in [6, 6.07) is 10.7. The van der Waals surface area contributed by atoms with E-state index in [0.29, 0.717) is 39.3 Å². The van der Waals surface area contributed by atoms with Crippen LogP contribution in [0.15, 0.2) is 55.1 Å². The van der Waals surface area contributed by atoms with E-state index >= 15 is 0 Å². The van der Waals surface area contributed by atoms with E-state index in [2.05, 4.69) is 11.5 Å². The van der Waals surface area contributed by atoms with E-state index in [-0.39, 0.29) is 17.6 Å². The van der Waals surface area contributed by atoms with Gasteiger partial charge in [-0.15, -0.1) is 6.58 Å². The molecule has 1 aliphatic rings. The molecule has 1 atom stereocenters. The highest BCUT2D eigenvalue weighted by atomic mass is 19.1. The van der Waals surface area contributed by atoms with Crippen LogP contribution < -0.4 is 4.74 Å². The first-order chi connectivity index (χ1) is 14.5. The first kappa shape index (κ1) is 21.9. The Morgan fingerprint density at radius 2 is 1.83 bits per heavy atom. The van der Waals surface area contributed by atoms with Gasteiger partial charge in [0.15, 0.2) is 0 Å². The lowest BCUT2D eigenvalue weighted by molar-refractivity contribution is 0.0244. The quantitative estimate of drug-likeness (QED) is 0.616. The predicted molar refractivity (Wildman–Crippen MR) is 111 cm³/mol. The summed E-state index contributed by atoms with van der Waals surface area (Å²) in [5, 5.41) is 0. The fourth-order valence-electron chi connectivity index (χ4n) is 3.51. The Labute approximate surface area is 175 Å². The number of nitrogens with zero attached hydrogens (tertiary/aromatic N) is 2. The third-order valence-electron chi connectivity index (χ3n) is 5.07. The third-order valence-corrected chi connectivity index (χ3v) is 5.07. The zero-order chi connectivity index (χ0) is 21.5. The summed E-state index contributed by atoms with van der Waals surface area (Å²) in [5.74, 6) is -1.10. The maximum atomic E-state index is 13.4. The van der Waals surface area contributed by atoms with Crippen molar-refractivity contribution in [3.63, 3.8) is 0 Å². The molecule has 0 radical (unpaired) electrons. The lowest BCUT2D eigenvalue weighted by atomic mass is 10.1. The Bertz CT molecular complexity index is 862. The molecule has 0 spiro atoms. The van der Waals surface area contributed by atoms with Crippen LogP contribution in [0.1, 0.15) is 22.0 Å². The van der Waals surface area contributed by atoms with Gasteiger partial charge in [-0.1, -0.05) is 18.2 Å². The largest absolute Gasteiger partial charge is 0.497 e. The highest BCUT2D eigenvalue weighted by molar-refractivity contribution is 5.94. The highest BCUT2D eigenvalue weighted by Crippen LogP contribution is 2.24. The van der Waals surface area contributed by atoms with Gasteiger partial charge in [-0.2, -0.15) is 0 Å². The minimum atomic E-state index is -0.752. The van der Waals surface area contributed by atoms with E-state index in [4.69, 9.17) is 9.47 Å². The molecule has 1 amide bonds. The van der Waals surface area contributed by atoms with Crippen molar-refractivity contribution in [1.82, 2.24) is 9.80 Å². The number of carbonyl (C=O) groups is 1. The first-order valence-electron chi connectivity index (χ1n) is 9.84. The third kappa shape index (κ3) is 5.64. The number of hydrogen-bond acceptors (Lipinski definition) is 4. The van der Waals surface area contributed by atoms with E-state index in [1.54, 1.807) is 18.1 Å². The number of halogens is 2. The molecule has 0 unspecified atom stereocenters. The number of rotatable bonds is 8. The molecule has 7 heteroatoms. The van der Waals surface area contributed by atoms with Gasteiger partial charge in [-0.25, -0.2) is 8.78 Å². The van der Waals surface area contributed by atoms with Crippen LogP contribution in [0.3, 0.4) is 0 Å². The molecule has 0 N–H and O–H groups in total. The van der Waals surface area contributed by atoms with Crippen molar-refractivity contribution in [3.8, 4) is 5.75 Å². The molecule has 5 nitrogen and oxygen atoms in total. The van der Waals surface area contributed by atoms with E-state index in [0.717, 1.165) is 29.5 Å². The van der Waals surface area contributed by atoms with Crippen molar-refractivity contribution in [2.45, 2.75) is 6.10 Å². The van der Waals surface area contributed by atoms with Crippen LogP contribution in [-0.4, -0.2) is 62.1 Å². The number of piperazine rings is 1. The van der Waals surface area contributed by atoms with Crippen molar-refractivity contribution >= 4 is 5.91 Å². The Hall–Kier alpha value is -2.77. The second kappa shape index (κ2) is 10.3. The SMILES string of the molecule is C=CCO[C@@H](CN1CCN(C(=O)c2cc(F)cc(F)c2)CC1)c1cccc(OC)c1. The molecule has 1 heterocycles. The van der Waals surface area contributed by atoms with Crippen LogP contribution in [0.25, 0.3) is 0 Å². The lowest BCUT2D eigenvalue weighted by Gasteiger charge is -2.36. The minimum absolute atomic E-state index is 0.0320. The van der Waals surface area contributed by atoms with Crippen LogP contribution in [0, 0.1) is 11.6 Å².